The number of epoxide rings is 1. The molecule has 3 atom stereocenters. The molecule has 0 spiro atoms. The topological polar surface area (TPSA) is 68.8 Å². The van der Waals surface area contributed by atoms with E-state index in [0.717, 1.165) is 41.3 Å². The number of thiazole rings is 1. The Labute approximate surface area is 213 Å². The van der Waals surface area contributed by atoms with Crippen LogP contribution in [0.2, 0.25) is 0 Å². The molecular weight excluding hydrogens is 466 g/mol. The van der Waals surface area contributed by atoms with Gasteiger partial charge in [-0.25, -0.2) is 4.98 Å². The minimum Gasteiger partial charge on any atom is -0.458 e. The summed E-state index contributed by atoms with van der Waals surface area (Å²) in [6, 6.07) is 0. The molecule has 0 aromatic carbocycles. The SMILES string of the molecule is CSc1nc(/C=C(\C)C2CC3OC3(C)CCCC(C)(C)CC(C)(C)C(=O)CCCC(=O)O2)cs1. The van der Waals surface area contributed by atoms with Crippen LogP contribution >= 0.6 is 23.1 Å². The van der Waals surface area contributed by atoms with Crippen LogP contribution in [-0.4, -0.2) is 40.8 Å². The van der Waals surface area contributed by atoms with Crippen molar-refractivity contribution in [1.29, 1.82) is 0 Å². The first-order valence-corrected chi connectivity index (χ1v) is 14.5. The van der Waals surface area contributed by atoms with Crippen molar-refractivity contribution < 1.29 is 19.1 Å². The molecule has 2 saturated heterocycles. The number of aromatic nitrogens is 1. The van der Waals surface area contributed by atoms with Gasteiger partial charge in [0.05, 0.1) is 17.4 Å². The molecule has 0 saturated carbocycles. The molecule has 0 amide bonds. The van der Waals surface area contributed by atoms with E-state index in [2.05, 4.69) is 25.8 Å². The second-order valence-electron chi connectivity index (χ2n) is 11.6. The van der Waals surface area contributed by atoms with Crippen LogP contribution in [0.4, 0.5) is 0 Å². The van der Waals surface area contributed by atoms with Crippen LogP contribution in [0.1, 0.15) is 98.6 Å². The fourth-order valence-electron chi connectivity index (χ4n) is 5.34. The van der Waals surface area contributed by atoms with Gasteiger partial charge in [-0.2, -0.15) is 0 Å². The van der Waals surface area contributed by atoms with Gasteiger partial charge in [-0.15, -0.1) is 11.3 Å². The average molecular weight is 508 g/mol. The van der Waals surface area contributed by atoms with Gasteiger partial charge >= 0.3 is 5.97 Å². The zero-order valence-electron chi connectivity index (χ0n) is 21.9. The summed E-state index contributed by atoms with van der Waals surface area (Å²) in [6.45, 7) is 12.8. The lowest BCUT2D eigenvalue weighted by Gasteiger charge is -2.34. The monoisotopic (exact) mass is 507 g/mol. The predicted molar refractivity (Wildman–Crippen MR) is 140 cm³/mol. The summed E-state index contributed by atoms with van der Waals surface area (Å²) in [5.74, 6) is -0.0139. The molecule has 3 unspecified atom stereocenters. The third kappa shape index (κ3) is 7.41. The second-order valence-corrected chi connectivity index (χ2v) is 13.5. The summed E-state index contributed by atoms with van der Waals surface area (Å²) in [4.78, 5) is 30.3. The normalized spacial score (nSPS) is 31.0. The van der Waals surface area contributed by atoms with Crippen LogP contribution in [0.25, 0.3) is 6.08 Å². The summed E-state index contributed by atoms with van der Waals surface area (Å²) >= 11 is 3.24. The van der Waals surface area contributed by atoms with E-state index < -0.39 is 5.41 Å². The molecule has 190 valence electrons. The van der Waals surface area contributed by atoms with Crippen molar-refractivity contribution in [1.82, 2.24) is 4.98 Å². The van der Waals surface area contributed by atoms with E-state index >= 15 is 0 Å². The van der Waals surface area contributed by atoms with Crippen molar-refractivity contribution in [3.05, 3.63) is 16.6 Å². The standard InChI is InChI=1S/C27H41NO4S2/c1-18(14-19-16-34-24(28-19)33-7)20-15-22-27(6,32-22)13-9-12-25(2,3)17-26(4,5)21(29)10-8-11-23(30)31-20/h14,16,20,22H,8-13,15,17H2,1-7H3/b18-14+. The van der Waals surface area contributed by atoms with E-state index in [1.807, 2.05) is 38.5 Å². The molecule has 34 heavy (non-hydrogen) atoms. The Kier molecular flexibility index (Phi) is 8.73. The maximum Gasteiger partial charge on any atom is 0.306 e. The molecule has 5 nitrogen and oxygen atoms in total. The maximum absolute atomic E-state index is 12.9. The summed E-state index contributed by atoms with van der Waals surface area (Å²) in [5, 5.41) is 2.03. The van der Waals surface area contributed by atoms with Gasteiger partial charge in [-0.05, 0) is 69.3 Å². The van der Waals surface area contributed by atoms with Gasteiger partial charge in [0.1, 0.15) is 16.2 Å². The van der Waals surface area contributed by atoms with Crippen molar-refractivity contribution in [3.8, 4) is 0 Å². The van der Waals surface area contributed by atoms with Crippen LogP contribution in [0.5, 0.6) is 0 Å². The summed E-state index contributed by atoms with van der Waals surface area (Å²) in [6.07, 6.45) is 9.55. The number of carbonyl (C=O) groups is 2. The third-order valence-electron chi connectivity index (χ3n) is 7.28. The average Bonchev–Trinajstić information content (AvgIpc) is 3.14. The van der Waals surface area contributed by atoms with Crippen LogP contribution in [0.3, 0.4) is 0 Å². The maximum atomic E-state index is 12.9. The van der Waals surface area contributed by atoms with Crippen molar-refractivity contribution >= 4 is 40.9 Å². The van der Waals surface area contributed by atoms with Gasteiger partial charge in [0, 0.05) is 30.1 Å². The van der Waals surface area contributed by atoms with Gasteiger partial charge in [-0.1, -0.05) is 39.5 Å². The lowest BCUT2D eigenvalue weighted by atomic mass is 9.70. The van der Waals surface area contributed by atoms with Gasteiger partial charge < -0.3 is 9.47 Å². The first kappa shape index (κ1) is 27.4. The van der Waals surface area contributed by atoms with E-state index in [0.29, 0.717) is 19.3 Å². The third-order valence-corrected chi connectivity index (χ3v) is 9.16. The molecule has 1 aromatic heterocycles. The highest BCUT2D eigenvalue weighted by Gasteiger charge is 2.52. The molecule has 2 aliphatic rings. The molecule has 2 aliphatic heterocycles. The fourth-order valence-corrected chi connectivity index (χ4v) is 6.56. The van der Waals surface area contributed by atoms with Crippen molar-refractivity contribution in [2.24, 2.45) is 10.8 Å². The van der Waals surface area contributed by atoms with E-state index in [1.165, 1.54) is 0 Å². The first-order chi connectivity index (χ1) is 15.8. The molecule has 0 bridgehead atoms. The first-order valence-electron chi connectivity index (χ1n) is 12.4. The number of carbonyl (C=O) groups excluding carboxylic acids is 2. The molecular formula is C27H41NO4S2. The number of ether oxygens (including phenoxy) is 2. The predicted octanol–water partition coefficient (Wildman–Crippen LogP) is 7.09. The zero-order chi connectivity index (χ0) is 25.1. The molecule has 0 aliphatic carbocycles. The largest absolute Gasteiger partial charge is 0.458 e. The van der Waals surface area contributed by atoms with Crippen molar-refractivity contribution in [2.75, 3.05) is 6.26 Å². The molecule has 2 fully saturated rings. The highest BCUT2D eigenvalue weighted by atomic mass is 32.2. The Hall–Kier alpha value is -1.18. The van der Waals surface area contributed by atoms with E-state index in [4.69, 9.17) is 9.47 Å². The Morgan fingerprint density at radius 2 is 1.88 bits per heavy atom. The highest BCUT2D eigenvalue weighted by Crippen LogP contribution is 2.46. The van der Waals surface area contributed by atoms with Gasteiger partial charge in [0.2, 0.25) is 0 Å². The van der Waals surface area contributed by atoms with E-state index in [9.17, 15) is 9.59 Å². The fraction of sp³-hybridized carbons (Fsp3) is 0.741. The number of thioether (sulfide) groups is 1. The van der Waals surface area contributed by atoms with Gasteiger partial charge in [0.15, 0.2) is 0 Å². The minimum atomic E-state index is -0.391. The van der Waals surface area contributed by atoms with Crippen LogP contribution < -0.4 is 0 Å². The van der Waals surface area contributed by atoms with Crippen LogP contribution in [0, 0.1) is 10.8 Å². The number of esters is 1. The number of fused-ring (bicyclic) bond motifs is 1. The second kappa shape index (κ2) is 10.8. The van der Waals surface area contributed by atoms with E-state index in [-0.39, 0.29) is 41.4 Å². The Morgan fingerprint density at radius 3 is 2.56 bits per heavy atom. The highest BCUT2D eigenvalue weighted by molar-refractivity contribution is 8.00. The smallest absolute Gasteiger partial charge is 0.306 e. The molecule has 7 heteroatoms. The molecule has 1 aromatic rings. The van der Waals surface area contributed by atoms with Crippen molar-refractivity contribution in [3.63, 3.8) is 0 Å². The van der Waals surface area contributed by atoms with Gasteiger partial charge in [-0.3, -0.25) is 9.59 Å². The van der Waals surface area contributed by atoms with Crippen molar-refractivity contribution in [2.45, 2.75) is 115 Å². The number of rotatable bonds is 3. The lowest BCUT2D eigenvalue weighted by Crippen LogP contribution is -2.31. The Balaban J connectivity index is 1.77. The number of nitrogens with zero attached hydrogens (tertiary/aromatic N) is 1. The van der Waals surface area contributed by atoms with E-state index in [1.54, 1.807) is 23.1 Å². The minimum absolute atomic E-state index is 0.0832. The number of ketones is 1. The number of hydrogen-bond donors (Lipinski definition) is 0. The quantitative estimate of drug-likeness (QED) is 0.247. The molecule has 0 N–H and O–H groups in total. The molecule has 3 heterocycles. The molecule has 3 rings (SSSR count). The number of hydrogen-bond acceptors (Lipinski definition) is 7. The zero-order valence-corrected chi connectivity index (χ0v) is 23.5. The number of cyclic esters (lactones) is 1. The van der Waals surface area contributed by atoms with Gasteiger partial charge in [0.25, 0.3) is 0 Å². The lowest BCUT2D eigenvalue weighted by molar-refractivity contribution is -0.148. The number of Topliss-reactive ketones (excluding diaryl/α,β-unsaturated/α-hetero) is 1. The molecule has 0 radical (unpaired) electrons. The summed E-state index contributed by atoms with van der Waals surface area (Å²) in [7, 11) is 0. The van der Waals surface area contributed by atoms with Crippen LogP contribution in [-0.2, 0) is 19.1 Å². The summed E-state index contributed by atoms with van der Waals surface area (Å²) < 4.78 is 13.1. The van der Waals surface area contributed by atoms with Crippen LogP contribution in [0.15, 0.2) is 15.3 Å². The summed E-state index contributed by atoms with van der Waals surface area (Å²) in [5.41, 5.74) is 1.39. The Morgan fingerprint density at radius 1 is 1.15 bits per heavy atom. The Bertz CT molecular complexity index is 919.